The van der Waals surface area contributed by atoms with Crippen molar-refractivity contribution in [3.63, 3.8) is 0 Å². The third-order valence-electron chi connectivity index (χ3n) is 3.34. The maximum absolute atomic E-state index is 13.7. The first kappa shape index (κ1) is 14.5. The summed E-state index contributed by atoms with van der Waals surface area (Å²) in [6.07, 6.45) is 2.68. The minimum atomic E-state index is -0.469. The lowest BCUT2D eigenvalue weighted by molar-refractivity contribution is 0.0972. The van der Waals surface area contributed by atoms with E-state index < -0.39 is 5.82 Å². The average molecular weight is 315 g/mol. The van der Waals surface area contributed by atoms with Crippen LogP contribution in [0, 0.1) is 12.7 Å². The van der Waals surface area contributed by atoms with Gasteiger partial charge >= 0.3 is 0 Å². The van der Waals surface area contributed by atoms with Crippen molar-refractivity contribution in [3.8, 4) is 0 Å². The van der Waals surface area contributed by atoms with E-state index in [1.54, 1.807) is 13.0 Å². The third kappa shape index (κ3) is 2.53. The minimum absolute atomic E-state index is 0.194. The van der Waals surface area contributed by atoms with E-state index in [2.05, 4.69) is 4.98 Å². The van der Waals surface area contributed by atoms with Crippen LogP contribution in [0.15, 0.2) is 48.5 Å². The summed E-state index contributed by atoms with van der Waals surface area (Å²) in [4.78, 5) is 16.7. The zero-order valence-corrected chi connectivity index (χ0v) is 12.5. The molecule has 0 saturated carbocycles. The Bertz CT molecular complexity index is 879. The molecule has 3 aromatic rings. The molecule has 0 atom stereocenters. The molecule has 0 saturated heterocycles. The molecular weight excluding hydrogens is 303 g/mol. The van der Waals surface area contributed by atoms with Crippen LogP contribution in [-0.4, -0.2) is 15.5 Å². The highest BCUT2D eigenvalue weighted by Gasteiger charge is 2.12. The number of aromatic nitrogens is 2. The Hall–Kier alpha value is -2.46. The van der Waals surface area contributed by atoms with E-state index >= 15 is 0 Å². The second-order valence-electron chi connectivity index (χ2n) is 4.79. The molecule has 3 rings (SSSR count). The number of allylic oxidation sites excluding steroid dienone is 1. The molecule has 22 heavy (non-hydrogen) atoms. The van der Waals surface area contributed by atoms with Crippen LogP contribution in [0.2, 0.25) is 5.02 Å². The Labute approximate surface area is 131 Å². The van der Waals surface area contributed by atoms with Gasteiger partial charge in [0.25, 0.3) is 5.91 Å². The average Bonchev–Trinajstić information content (AvgIpc) is 2.82. The highest BCUT2D eigenvalue weighted by atomic mass is 35.5. The lowest BCUT2D eigenvalue weighted by atomic mass is 10.2. The monoisotopic (exact) mass is 314 g/mol. The number of rotatable bonds is 2. The molecule has 0 unspecified atom stereocenters. The van der Waals surface area contributed by atoms with Gasteiger partial charge in [-0.1, -0.05) is 29.8 Å². The number of fused-ring (bicyclic) bond motifs is 1. The van der Waals surface area contributed by atoms with Crippen LogP contribution < -0.4 is 0 Å². The van der Waals surface area contributed by atoms with Gasteiger partial charge in [0.05, 0.1) is 16.1 Å². The quantitative estimate of drug-likeness (QED) is 0.653. The second-order valence-corrected chi connectivity index (χ2v) is 5.20. The molecule has 0 aliphatic carbocycles. The first-order chi connectivity index (χ1) is 10.6. The summed E-state index contributed by atoms with van der Waals surface area (Å²) < 4.78 is 15.2. The van der Waals surface area contributed by atoms with Crippen molar-refractivity contribution < 1.29 is 9.18 Å². The van der Waals surface area contributed by atoms with Gasteiger partial charge in [-0.25, -0.2) is 9.37 Å². The first-order valence-electron chi connectivity index (χ1n) is 6.68. The Morgan fingerprint density at radius 1 is 1.23 bits per heavy atom. The third-order valence-corrected chi connectivity index (χ3v) is 3.67. The minimum Gasteiger partial charge on any atom is -0.269 e. The van der Waals surface area contributed by atoms with Gasteiger partial charge in [0.2, 0.25) is 0 Å². The van der Waals surface area contributed by atoms with Gasteiger partial charge in [0.1, 0.15) is 11.6 Å². The van der Waals surface area contributed by atoms with Gasteiger partial charge in [-0.3, -0.25) is 9.36 Å². The molecule has 1 aromatic heterocycles. The summed E-state index contributed by atoms with van der Waals surface area (Å²) in [7, 11) is 0. The molecule has 3 nitrogen and oxygen atoms in total. The first-order valence-corrected chi connectivity index (χ1v) is 7.06. The Morgan fingerprint density at radius 3 is 2.77 bits per heavy atom. The van der Waals surface area contributed by atoms with Crippen molar-refractivity contribution in [2.24, 2.45) is 0 Å². The lowest BCUT2D eigenvalue weighted by Gasteiger charge is -2.02. The molecule has 5 heteroatoms. The van der Waals surface area contributed by atoms with Gasteiger partial charge in [0.15, 0.2) is 0 Å². The van der Waals surface area contributed by atoms with E-state index in [1.807, 2.05) is 24.3 Å². The van der Waals surface area contributed by atoms with Crippen LogP contribution in [0.5, 0.6) is 0 Å². The highest BCUT2D eigenvalue weighted by Crippen LogP contribution is 2.21. The smallest absolute Gasteiger partial charge is 0.256 e. The van der Waals surface area contributed by atoms with Crippen LogP contribution in [0.1, 0.15) is 16.2 Å². The number of carbonyl (C=O) groups excluding carboxylic acids is 1. The molecule has 0 aliphatic rings. The SMILES string of the molecule is Cc1nc2ccccc2n1C(=O)/C=C/c1c(F)cccc1Cl. The van der Waals surface area contributed by atoms with Crippen molar-refractivity contribution >= 4 is 34.6 Å². The molecule has 1 heterocycles. The molecule has 0 aliphatic heterocycles. The van der Waals surface area contributed by atoms with Gasteiger partial charge in [-0.05, 0) is 37.3 Å². The summed E-state index contributed by atoms with van der Waals surface area (Å²) >= 11 is 5.94. The fourth-order valence-electron chi connectivity index (χ4n) is 2.32. The summed E-state index contributed by atoms with van der Waals surface area (Å²) in [6.45, 7) is 1.75. The number of imidazole rings is 1. The molecule has 0 radical (unpaired) electrons. The second kappa shape index (κ2) is 5.73. The molecule has 0 fully saturated rings. The maximum atomic E-state index is 13.7. The van der Waals surface area contributed by atoms with E-state index in [0.717, 1.165) is 5.52 Å². The fourth-order valence-corrected chi connectivity index (χ4v) is 2.55. The Kier molecular flexibility index (Phi) is 3.77. The normalized spacial score (nSPS) is 11.4. The molecule has 110 valence electrons. The summed E-state index contributed by atoms with van der Waals surface area (Å²) in [5.41, 5.74) is 1.65. The standard InChI is InChI=1S/C17H12ClFN2O/c1-11-20-15-7-2-3-8-16(15)21(11)17(22)10-9-12-13(18)5-4-6-14(12)19/h2-10H,1H3/b10-9+. The molecular formula is C17H12ClFN2O. The maximum Gasteiger partial charge on any atom is 0.256 e. The van der Waals surface area contributed by atoms with E-state index in [9.17, 15) is 9.18 Å². The van der Waals surface area contributed by atoms with Crippen LogP contribution in [0.4, 0.5) is 4.39 Å². The number of para-hydroxylation sites is 2. The topological polar surface area (TPSA) is 34.9 Å². The van der Waals surface area contributed by atoms with Crippen molar-refractivity contribution in [3.05, 3.63) is 70.8 Å². The molecule has 0 spiro atoms. The van der Waals surface area contributed by atoms with E-state index in [-0.39, 0.29) is 16.5 Å². The van der Waals surface area contributed by atoms with Crippen molar-refractivity contribution in [2.45, 2.75) is 6.92 Å². The van der Waals surface area contributed by atoms with E-state index in [0.29, 0.717) is 11.3 Å². The van der Waals surface area contributed by atoms with Crippen LogP contribution in [0.25, 0.3) is 17.1 Å². The number of nitrogens with zero attached hydrogens (tertiary/aromatic N) is 2. The summed E-state index contributed by atoms with van der Waals surface area (Å²) in [6, 6.07) is 11.7. The van der Waals surface area contributed by atoms with Crippen molar-refractivity contribution in [2.75, 3.05) is 0 Å². The Morgan fingerprint density at radius 2 is 2.00 bits per heavy atom. The van der Waals surface area contributed by atoms with Crippen LogP contribution in [-0.2, 0) is 0 Å². The van der Waals surface area contributed by atoms with Crippen molar-refractivity contribution in [1.82, 2.24) is 9.55 Å². The van der Waals surface area contributed by atoms with Gasteiger partial charge in [-0.15, -0.1) is 0 Å². The van der Waals surface area contributed by atoms with Gasteiger partial charge < -0.3 is 0 Å². The number of halogens is 2. The molecule has 2 aromatic carbocycles. The van der Waals surface area contributed by atoms with Crippen LogP contribution in [0.3, 0.4) is 0 Å². The molecule has 0 N–H and O–H groups in total. The molecule has 0 bridgehead atoms. The number of hydrogen-bond acceptors (Lipinski definition) is 2. The lowest BCUT2D eigenvalue weighted by Crippen LogP contribution is -2.09. The predicted molar refractivity (Wildman–Crippen MR) is 85.5 cm³/mol. The number of carbonyl (C=O) groups is 1. The van der Waals surface area contributed by atoms with Gasteiger partial charge in [0, 0.05) is 11.6 Å². The summed E-state index contributed by atoms with van der Waals surface area (Å²) in [5, 5.41) is 0.260. The number of aryl methyl sites for hydroxylation is 1. The molecule has 0 amide bonds. The highest BCUT2D eigenvalue weighted by molar-refractivity contribution is 6.32. The fraction of sp³-hybridized carbons (Fsp3) is 0.0588. The zero-order chi connectivity index (χ0) is 15.7. The van der Waals surface area contributed by atoms with Gasteiger partial charge in [-0.2, -0.15) is 0 Å². The van der Waals surface area contributed by atoms with E-state index in [1.165, 1.54) is 28.9 Å². The van der Waals surface area contributed by atoms with Crippen LogP contribution >= 0.6 is 11.6 Å². The number of benzene rings is 2. The summed E-state index contributed by atoms with van der Waals surface area (Å²) in [5.74, 6) is -0.190. The van der Waals surface area contributed by atoms with Crippen molar-refractivity contribution in [1.29, 1.82) is 0 Å². The Balaban J connectivity index is 2.00. The predicted octanol–water partition coefficient (Wildman–Crippen LogP) is 4.49. The number of hydrogen-bond donors (Lipinski definition) is 0. The zero-order valence-electron chi connectivity index (χ0n) is 11.8. The largest absolute Gasteiger partial charge is 0.269 e. The van der Waals surface area contributed by atoms with E-state index in [4.69, 9.17) is 11.6 Å².